The van der Waals surface area contributed by atoms with E-state index in [1.54, 1.807) is 38.0 Å². The number of nitrogens with zero attached hydrogens (tertiary/aromatic N) is 2. The molecule has 1 aliphatic rings. The molecular formula is C24H46N4O5. The highest BCUT2D eigenvalue weighted by atomic mass is 16.5. The number of carbonyl (C=O) groups is 3. The molecule has 7 atom stereocenters. The standard InChI is InChI=1S/C24H46N4O5/c1-9-15(4)21(27(6)24(31)20(25)14(2)3)18(32-7)13-19(29)28-12-10-11-17(28)22(33-8)16(5)23(26)30/h14-18,20-22H,9-13,25H2,1-8H3,(H2,26,30)/t15?,16?,17-,18?,20?,21?,22?/m0/s1. The van der Waals surface area contributed by atoms with Crippen LogP contribution in [0.3, 0.4) is 0 Å². The molecule has 9 nitrogen and oxygen atoms in total. The van der Waals surface area contributed by atoms with Crippen molar-refractivity contribution >= 4 is 17.7 Å². The van der Waals surface area contributed by atoms with E-state index in [1.807, 2.05) is 13.8 Å². The first-order valence-corrected chi connectivity index (χ1v) is 12.1. The molecule has 0 aromatic heterocycles. The van der Waals surface area contributed by atoms with Gasteiger partial charge in [-0.05, 0) is 24.7 Å². The van der Waals surface area contributed by atoms with Gasteiger partial charge in [0.2, 0.25) is 17.7 Å². The summed E-state index contributed by atoms with van der Waals surface area (Å²) in [4.78, 5) is 41.7. The molecule has 33 heavy (non-hydrogen) atoms. The van der Waals surface area contributed by atoms with E-state index < -0.39 is 30.1 Å². The van der Waals surface area contributed by atoms with E-state index in [0.29, 0.717) is 6.54 Å². The summed E-state index contributed by atoms with van der Waals surface area (Å²) < 4.78 is 11.4. The Balaban J connectivity index is 3.11. The fourth-order valence-corrected chi connectivity index (χ4v) is 4.84. The van der Waals surface area contributed by atoms with Crippen molar-refractivity contribution in [2.24, 2.45) is 29.2 Å². The number of nitrogens with two attached hydrogens (primary N) is 2. The van der Waals surface area contributed by atoms with Gasteiger partial charge in [0.15, 0.2) is 0 Å². The van der Waals surface area contributed by atoms with Crippen molar-refractivity contribution < 1.29 is 23.9 Å². The van der Waals surface area contributed by atoms with Gasteiger partial charge in [0.05, 0.1) is 42.7 Å². The van der Waals surface area contributed by atoms with Crippen LogP contribution in [-0.4, -0.2) is 85.7 Å². The predicted octanol–water partition coefficient (Wildman–Crippen LogP) is 1.38. The minimum absolute atomic E-state index is 0.00346. The van der Waals surface area contributed by atoms with Crippen molar-refractivity contribution in [1.82, 2.24) is 9.80 Å². The topological polar surface area (TPSA) is 128 Å². The summed E-state index contributed by atoms with van der Waals surface area (Å²) in [6.07, 6.45) is 1.57. The number of likely N-dealkylation sites (tertiary alicyclic amines) is 1. The average molecular weight is 471 g/mol. The molecule has 1 heterocycles. The van der Waals surface area contributed by atoms with Crippen molar-refractivity contribution in [2.45, 2.75) is 90.6 Å². The van der Waals surface area contributed by atoms with Crippen LogP contribution < -0.4 is 11.5 Å². The number of rotatable bonds is 13. The van der Waals surface area contributed by atoms with Crippen LogP contribution in [0.15, 0.2) is 0 Å². The van der Waals surface area contributed by atoms with Gasteiger partial charge >= 0.3 is 0 Å². The van der Waals surface area contributed by atoms with E-state index in [9.17, 15) is 14.4 Å². The normalized spacial score (nSPS) is 21.9. The predicted molar refractivity (Wildman–Crippen MR) is 128 cm³/mol. The summed E-state index contributed by atoms with van der Waals surface area (Å²) in [7, 11) is 4.86. The maximum Gasteiger partial charge on any atom is 0.239 e. The highest BCUT2D eigenvalue weighted by molar-refractivity contribution is 5.82. The summed E-state index contributed by atoms with van der Waals surface area (Å²) in [6.45, 7) is 10.3. The van der Waals surface area contributed by atoms with Gasteiger partial charge in [-0.25, -0.2) is 0 Å². The molecule has 1 fully saturated rings. The molecule has 1 rings (SSSR count). The molecule has 9 heteroatoms. The van der Waals surface area contributed by atoms with Crippen LogP contribution in [0.25, 0.3) is 0 Å². The van der Waals surface area contributed by atoms with Gasteiger partial charge in [-0.3, -0.25) is 14.4 Å². The fourth-order valence-electron chi connectivity index (χ4n) is 4.84. The first-order valence-electron chi connectivity index (χ1n) is 12.1. The van der Waals surface area contributed by atoms with Crippen molar-refractivity contribution in [3.05, 3.63) is 0 Å². The summed E-state index contributed by atoms with van der Waals surface area (Å²) in [5.41, 5.74) is 11.7. The largest absolute Gasteiger partial charge is 0.379 e. The molecule has 6 unspecified atom stereocenters. The number of hydrogen-bond donors (Lipinski definition) is 2. The molecule has 0 radical (unpaired) electrons. The van der Waals surface area contributed by atoms with Gasteiger partial charge < -0.3 is 30.7 Å². The van der Waals surface area contributed by atoms with Crippen LogP contribution in [-0.2, 0) is 23.9 Å². The van der Waals surface area contributed by atoms with E-state index in [2.05, 4.69) is 13.8 Å². The molecule has 1 aliphatic heterocycles. The lowest BCUT2D eigenvalue weighted by atomic mass is 9.89. The number of ether oxygens (including phenoxy) is 2. The van der Waals surface area contributed by atoms with Gasteiger partial charge in [0.25, 0.3) is 0 Å². The zero-order chi connectivity index (χ0) is 25.5. The van der Waals surface area contributed by atoms with E-state index in [0.717, 1.165) is 19.3 Å². The Morgan fingerprint density at radius 2 is 1.73 bits per heavy atom. The Bertz CT molecular complexity index is 659. The van der Waals surface area contributed by atoms with Gasteiger partial charge in [-0.15, -0.1) is 0 Å². The maximum atomic E-state index is 13.4. The Morgan fingerprint density at radius 1 is 1.12 bits per heavy atom. The molecule has 0 spiro atoms. The van der Waals surface area contributed by atoms with Crippen LogP contribution in [0.4, 0.5) is 0 Å². The van der Waals surface area contributed by atoms with Crippen molar-refractivity contribution in [3.8, 4) is 0 Å². The number of primary amides is 1. The molecule has 0 saturated carbocycles. The molecule has 0 aromatic rings. The fraction of sp³-hybridized carbons (Fsp3) is 0.875. The smallest absolute Gasteiger partial charge is 0.239 e. The lowest BCUT2D eigenvalue weighted by Crippen LogP contribution is -2.56. The Labute approximate surface area is 199 Å². The Kier molecular flexibility index (Phi) is 11.8. The van der Waals surface area contributed by atoms with E-state index in [4.69, 9.17) is 20.9 Å². The molecule has 0 bridgehead atoms. The molecule has 192 valence electrons. The molecule has 3 amide bonds. The van der Waals surface area contributed by atoms with Crippen molar-refractivity contribution in [3.63, 3.8) is 0 Å². The zero-order valence-electron chi connectivity index (χ0n) is 21.7. The summed E-state index contributed by atoms with van der Waals surface area (Å²) in [5, 5.41) is 0. The van der Waals surface area contributed by atoms with E-state index in [1.165, 1.54) is 0 Å². The Hall–Kier alpha value is -1.71. The van der Waals surface area contributed by atoms with Crippen LogP contribution in [0, 0.1) is 17.8 Å². The average Bonchev–Trinajstić information content (AvgIpc) is 3.26. The second-order valence-corrected chi connectivity index (χ2v) is 9.76. The van der Waals surface area contributed by atoms with E-state index in [-0.39, 0.29) is 42.2 Å². The third-order valence-electron chi connectivity index (χ3n) is 7.30. The maximum absolute atomic E-state index is 13.4. The van der Waals surface area contributed by atoms with Crippen LogP contribution in [0.1, 0.15) is 60.3 Å². The number of amides is 3. The highest BCUT2D eigenvalue weighted by Crippen LogP contribution is 2.29. The molecule has 0 aromatic carbocycles. The zero-order valence-corrected chi connectivity index (χ0v) is 21.7. The highest BCUT2D eigenvalue weighted by Gasteiger charge is 2.41. The first kappa shape index (κ1) is 29.3. The number of hydrogen-bond acceptors (Lipinski definition) is 6. The van der Waals surface area contributed by atoms with Gasteiger partial charge in [-0.1, -0.05) is 41.0 Å². The lowest BCUT2D eigenvalue weighted by Gasteiger charge is -2.40. The lowest BCUT2D eigenvalue weighted by molar-refractivity contribution is -0.146. The molecule has 1 saturated heterocycles. The SMILES string of the molecule is CCC(C)C(C(CC(=O)N1CCC[C@H]1C(OC)C(C)C(N)=O)OC)N(C)C(=O)C(N)C(C)C. The van der Waals surface area contributed by atoms with Gasteiger partial charge in [0.1, 0.15) is 0 Å². The number of carbonyl (C=O) groups excluding carboxylic acids is 3. The second kappa shape index (κ2) is 13.2. The quantitative estimate of drug-likeness (QED) is 0.418. The van der Waals surface area contributed by atoms with Crippen LogP contribution in [0.5, 0.6) is 0 Å². The minimum atomic E-state index is -0.615. The molecule has 0 aliphatic carbocycles. The Morgan fingerprint density at radius 3 is 2.18 bits per heavy atom. The van der Waals surface area contributed by atoms with Gasteiger partial charge in [-0.2, -0.15) is 0 Å². The van der Waals surface area contributed by atoms with Crippen molar-refractivity contribution in [1.29, 1.82) is 0 Å². The minimum Gasteiger partial charge on any atom is -0.379 e. The first-order chi connectivity index (χ1) is 15.4. The third kappa shape index (κ3) is 7.13. The monoisotopic (exact) mass is 470 g/mol. The van der Waals surface area contributed by atoms with Crippen LogP contribution in [0.2, 0.25) is 0 Å². The second-order valence-electron chi connectivity index (χ2n) is 9.76. The van der Waals surface area contributed by atoms with Crippen LogP contribution >= 0.6 is 0 Å². The van der Waals surface area contributed by atoms with E-state index >= 15 is 0 Å². The van der Waals surface area contributed by atoms with Gasteiger partial charge in [0, 0.05) is 27.8 Å². The van der Waals surface area contributed by atoms with Crippen molar-refractivity contribution in [2.75, 3.05) is 27.8 Å². The molecule has 4 N–H and O–H groups in total. The number of likely N-dealkylation sites (N-methyl/N-ethyl adjacent to an activating group) is 1. The number of methoxy groups -OCH3 is 2. The molecular weight excluding hydrogens is 424 g/mol. The summed E-state index contributed by atoms with van der Waals surface area (Å²) >= 11 is 0. The summed E-state index contributed by atoms with van der Waals surface area (Å²) in [5.74, 6) is -1.09. The summed E-state index contributed by atoms with van der Waals surface area (Å²) in [6, 6.07) is -1.14. The third-order valence-corrected chi connectivity index (χ3v) is 7.30.